The number of rotatable bonds is 13. The van der Waals surface area contributed by atoms with Gasteiger partial charge in [-0.1, -0.05) is 42.5 Å². The zero-order chi connectivity index (χ0) is 30.7. The Morgan fingerprint density at radius 1 is 1.21 bits per heavy atom. The zero-order valence-electron chi connectivity index (χ0n) is 24.4. The fourth-order valence-electron chi connectivity index (χ4n) is 6.89. The standard InChI is InChI=1S/C33H39N3O7/c1-4-6-11-26(38)34-20-21(3)42-32(41)27-25-14-15-33(43-25)28(27)30(39)36(17-18-37)29(33)31(40)35(16-5-2)24-13-12-22-9-7-8-10-23(22)19-24/h4-5,7-10,12-13,19,21,25,27-29,37H,1-2,6,11,14-18,20H2,3H3,(H,34,38)/t21-,25-,27+,28+,29-,33+/m0/s1. The lowest BCUT2D eigenvalue weighted by Gasteiger charge is -2.36. The van der Waals surface area contributed by atoms with E-state index >= 15 is 0 Å². The van der Waals surface area contributed by atoms with E-state index in [1.54, 1.807) is 24.0 Å². The molecular formula is C33H39N3O7. The van der Waals surface area contributed by atoms with Crippen LogP contribution in [0.2, 0.25) is 0 Å². The summed E-state index contributed by atoms with van der Waals surface area (Å²) in [7, 11) is 0. The molecule has 10 heteroatoms. The van der Waals surface area contributed by atoms with Crippen molar-refractivity contribution in [1.29, 1.82) is 0 Å². The first kappa shape index (κ1) is 30.4. The second-order valence-electron chi connectivity index (χ2n) is 11.5. The predicted molar refractivity (Wildman–Crippen MR) is 161 cm³/mol. The number of aliphatic hydroxyl groups is 1. The van der Waals surface area contributed by atoms with Crippen LogP contribution in [-0.2, 0) is 28.7 Å². The molecule has 0 saturated carbocycles. The highest BCUT2D eigenvalue weighted by molar-refractivity contribution is 6.05. The van der Waals surface area contributed by atoms with Gasteiger partial charge in [0.05, 0.1) is 31.1 Å². The highest BCUT2D eigenvalue weighted by Gasteiger charge is 2.75. The van der Waals surface area contributed by atoms with E-state index in [0.29, 0.717) is 31.4 Å². The maximum atomic E-state index is 14.5. The Kier molecular flexibility index (Phi) is 8.98. The molecular weight excluding hydrogens is 550 g/mol. The van der Waals surface area contributed by atoms with Crippen LogP contribution in [0.15, 0.2) is 67.8 Å². The molecule has 2 N–H and O–H groups in total. The molecule has 5 rings (SSSR count). The maximum absolute atomic E-state index is 14.5. The Balaban J connectivity index is 1.40. The van der Waals surface area contributed by atoms with Gasteiger partial charge < -0.3 is 29.7 Å². The molecule has 6 atom stereocenters. The summed E-state index contributed by atoms with van der Waals surface area (Å²) in [5, 5.41) is 14.6. The Morgan fingerprint density at radius 2 is 1.98 bits per heavy atom. The molecule has 0 unspecified atom stereocenters. The third kappa shape index (κ3) is 5.57. The van der Waals surface area contributed by atoms with Gasteiger partial charge in [-0.2, -0.15) is 0 Å². The van der Waals surface area contributed by atoms with Crippen molar-refractivity contribution < 1.29 is 33.8 Å². The number of nitrogens with one attached hydrogen (secondary N) is 1. The average Bonchev–Trinajstić information content (AvgIpc) is 3.65. The van der Waals surface area contributed by atoms with Gasteiger partial charge in [-0.15, -0.1) is 13.2 Å². The molecule has 3 fully saturated rings. The molecule has 2 bridgehead atoms. The summed E-state index contributed by atoms with van der Waals surface area (Å²) in [6, 6.07) is 12.5. The molecule has 3 aliphatic rings. The van der Waals surface area contributed by atoms with E-state index in [9.17, 15) is 24.3 Å². The number of anilines is 1. The summed E-state index contributed by atoms with van der Waals surface area (Å²) in [4.78, 5) is 56.9. The quantitative estimate of drug-likeness (QED) is 0.272. The first-order chi connectivity index (χ1) is 20.7. The Hall–Kier alpha value is -4.02. The number of β-amino-alcohol motifs (C(OH)–C–C–N with tert-alkyl or cyclic N) is 1. The zero-order valence-corrected chi connectivity index (χ0v) is 24.4. The van der Waals surface area contributed by atoms with Crippen molar-refractivity contribution in [2.45, 2.75) is 56.5 Å². The van der Waals surface area contributed by atoms with E-state index < -0.39 is 47.6 Å². The fraction of sp³-hybridized carbons (Fsp3) is 0.455. The number of carbonyl (C=O) groups is 4. The second kappa shape index (κ2) is 12.7. The number of benzene rings is 2. The first-order valence-corrected chi connectivity index (χ1v) is 14.8. The van der Waals surface area contributed by atoms with E-state index in [1.807, 2.05) is 42.5 Å². The monoisotopic (exact) mass is 589 g/mol. The van der Waals surface area contributed by atoms with Crippen LogP contribution in [0.25, 0.3) is 10.8 Å². The Morgan fingerprint density at radius 3 is 2.70 bits per heavy atom. The van der Waals surface area contributed by atoms with Crippen LogP contribution < -0.4 is 10.2 Å². The molecule has 2 aromatic carbocycles. The summed E-state index contributed by atoms with van der Waals surface area (Å²) in [5.41, 5.74) is -0.580. The van der Waals surface area contributed by atoms with E-state index in [1.165, 1.54) is 4.90 Å². The smallest absolute Gasteiger partial charge is 0.312 e. The van der Waals surface area contributed by atoms with E-state index in [2.05, 4.69) is 18.5 Å². The van der Waals surface area contributed by atoms with Gasteiger partial charge in [-0.05, 0) is 49.1 Å². The molecule has 2 aromatic rings. The van der Waals surface area contributed by atoms with Gasteiger partial charge in [-0.3, -0.25) is 19.2 Å². The summed E-state index contributed by atoms with van der Waals surface area (Å²) in [5.74, 6) is -3.34. The number of esters is 1. The molecule has 3 saturated heterocycles. The Bertz CT molecular complexity index is 1430. The highest BCUT2D eigenvalue weighted by Crippen LogP contribution is 2.59. The molecule has 0 radical (unpaired) electrons. The number of amides is 3. The number of allylic oxidation sites excluding steroid dienone is 1. The molecule has 3 amide bonds. The summed E-state index contributed by atoms with van der Waals surface area (Å²) in [6.07, 6.45) is 3.82. The average molecular weight is 590 g/mol. The van der Waals surface area contributed by atoms with Gasteiger partial charge in [-0.25, -0.2) is 0 Å². The van der Waals surface area contributed by atoms with Crippen LogP contribution in [0, 0.1) is 11.8 Å². The SMILES string of the molecule is C=CCCC(=O)NC[C@H](C)OC(=O)[C@@H]1[C@@H]2CC[C@]3(O2)[C@H](C(=O)N(CC=C)c2ccc4ccccc4c2)N(CCO)C(=O)[C@@H]13. The third-order valence-corrected chi connectivity index (χ3v) is 8.75. The molecule has 43 heavy (non-hydrogen) atoms. The van der Waals surface area contributed by atoms with Crippen LogP contribution in [0.3, 0.4) is 0 Å². The molecule has 0 aromatic heterocycles. The molecule has 3 heterocycles. The number of fused-ring (bicyclic) bond motifs is 2. The molecule has 1 spiro atoms. The second-order valence-corrected chi connectivity index (χ2v) is 11.5. The van der Waals surface area contributed by atoms with Crippen LogP contribution in [0.5, 0.6) is 0 Å². The van der Waals surface area contributed by atoms with Crippen molar-refractivity contribution in [3.63, 3.8) is 0 Å². The van der Waals surface area contributed by atoms with Crippen molar-refractivity contribution >= 4 is 40.2 Å². The number of carbonyl (C=O) groups excluding carboxylic acids is 4. The van der Waals surface area contributed by atoms with Crippen LogP contribution in [-0.4, -0.2) is 83.8 Å². The van der Waals surface area contributed by atoms with Crippen LogP contribution in [0.1, 0.15) is 32.6 Å². The molecule has 0 aliphatic carbocycles. The third-order valence-electron chi connectivity index (χ3n) is 8.75. The van der Waals surface area contributed by atoms with Gasteiger partial charge in [0.1, 0.15) is 17.7 Å². The number of ether oxygens (including phenoxy) is 2. The number of hydrogen-bond acceptors (Lipinski definition) is 7. The number of likely N-dealkylation sites (tertiary alicyclic amines) is 1. The molecule has 228 valence electrons. The van der Waals surface area contributed by atoms with Gasteiger partial charge in [0.25, 0.3) is 5.91 Å². The van der Waals surface area contributed by atoms with Crippen molar-refractivity contribution in [2.24, 2.45) is 11.8 Å². The molecule has 3 aliphatic heterocycles. The lowest BCUT2D eigenvalue weighted by molar-refractivity contribution is -0.159. The lowest BCUT2D eigenvalue weighted by atomic mass is 9.70. The number of hydrogen-bond donors (Lipinski definition) is 2. The van der Waals surface area contributed by atoms with E-state index in [0.717, 1.165) is 10.8 Å². The first-order valence-electron chi connectivity index (χ1n) is 14.8. The minimum absolute atomic E-state index is 0.0733. The normalized spacial score (nSPS) is 26.2. The van der Waals surface area contributed by atoms with Crippen molar-refractivity contribution in [1.82, 2.24) is 10.2 Å². The Labute approximate surface area is 251 Å². The van der Waals surface area contributed by atoms with E-state index in [4.69, 9.17) is 9.47 Å². The van der Waals surface area contributed by atoms with Crippen molar-refractivity contribution in [3.8, 4) is 0 Å². The van der Waals surface area contributed by atoms with Crippen LogP contribution >= 0.6 is 0 Å². The number of aliphatic hydroxyl groups excluding tert-OH is 1. The minimum Gasteiger partial charge on any atom is -0.460 e. The summed E-state index contributed by atoms with van der Waals surface area (Å²) >= 11 is 0. The van der Waals surface area contributed by atoms with Crippen molar-refractivity contribution in [2.75, 3.05) is 31.1 Å². The summed E-state index contributed by atoms with van der Waals surface area (Å²) in [6.45, 7) is 9.03. The predicted octanol–water partition coefficient (Wildman–Crippen LogP) is 2.74. The highest BCUT2D eigenvalue weighted by atomic mass is 16.6. The van der Waals surface area contributed by atoms with Gasteiger partial charge in [0, 0.05) is 25.2 Å². The summed E-state index contributed by atoms with van der Waals surface area (Å²) < 4.78 is 12.2. The fourth-order valence-corrected chi connectivity index (χ4v) is 6.89. The van der Waals surface area contributed by atoms with Gasteiger partial charge in [0.2, 0.25) is 11.8 Å². The lowest BCUT2D eigenvalue weighted by Crippen LogP contribution is -2.56. The number of nitrogens with zero attached hydrogens (tertiary/aromatic N) is 2. The largest absolute Gasteiger partial charge is 0.460 e. The van der Waals surface area contributed by atoms with E-state index in [-0.39, 0.29) is 38.1 Å². The topological polar surface area (TPSA) is 125 Å². The van der Waals surface area contributed by atoms with Crippen molar-refractivity contribution in [3.05, 3.63) is 67.8 Å². The van der Waals surface area contributed by atoms with Gasteiger partial charge >= 0.3 is 5.97 Å². The van der Waals surface area contributed by atoms with Gasteiger partial charge in [0.15, 0.2) is 0 Å². The van der Waals surface area contributed by atoms with Crippen LogP contribution in [0.4, 0.5) is 5.69 Å². The minimum atomic E-state index is -1.23. The molecule has 10 nitrogen and oxygen atoms in total. The maximum Gasteiger partial charge on any atom is 0.312 e.